The zero-order chi connectivity index (χ0) is 19.1. The minimum absolute atomic E-state index is 0.360. The SMILES string of the molecule is C=CCC(CC1CC1)n1cc(-c2nc(-c3cnn(C)c3)cc3nccn23)cn1. The van der Waals surface area contributed by atoms with Crippen LogP contribution in [0.2, 0.25) is 0 Å². The molecule has 4 heterocycles. The summed E-state index contributed by atoms with van der Waals surface area (Å²) < 4.78 is 5.86. The number of hydrogen-bond donors (Lipinski definition) is 0. The Bertz CT molecular complexity index is 1130. The molecule has 1 saturated carbocycles. The molecule has 7 nitrogen and oxygen atoms in total. The molecule has 0 aromatic carbocycles. The van der Waals surface area contributed by atoms with Gasteiger partial charge in [-0.3, -0.25) is 13.8 Å². The quantitative estimate of drug-likeness (QED) is 0.461. The summed E-state index contributed by atoms with van der Waals surface area (Å²) in [6.07, 6.45) is 18.3. The summed E-state index contributed by atoms with van der Waals surface area (Å²) in [5, 5.41) is 8.94. The van der Waals surface area contributed by atoms with Gasteiger partial charge in [0.2, 0.25) is 0 Å². The van der Waals surface area contributed by atoms with Gasteiger partial charge in [0.05, 0.1) is 29.7 Å². The lowest BCUT2D eigenvalue weighted by atomic mass is 10.1. The standard InChI is InChI=1S/C21H23N7/c1-3-4-18(9-15-5-6-15)28-14-17(12-24-28)21-25-19(16-11-23-26(2)13-16)10-20-22-7-8-27(20)21/h3,7-8,10-15,18H,1,4-6,9H2,2H3. The highest BCUT2D eigenvalue weighted by molar-refractivity contribution is 5.68. The first-order chi connectivity index (χ1) is 13.7. The number of aryl methyl sites for hydroxylation is 1. The van der Waals surface area contributed by atoms with Crippen LogP contribution in [0, 0.1) is 5.92 Å². The van der Waals surface area contributed by atoms with E-state index in [0.717, 1.165) is 47.1 Å². The topological polar surface area (TPSA) is 65.8 Å². The molecular formula is C21H23N7. The minimum atomic E-state index is 0.360. The maximum Gasteiger partial charge on any atom is 0.149 e. The Hall–Kier alpha value is -3.22. The van der Waals surface area contributed by atoms with Gasteiger partial charge in [-0.1, -0.05) is 18.9 Å². The summed E-state index contributed by atoms with van der Waals surface area (Å²) in [6.45, 7) is 3.93. The first-order valence-electron chi connectivity index (χ1n) is 9.70. The third-order valence-electron chi connectivity index (χ3n) is 5.37. The molecule has 1 fully saturated rings. The molecule has 4 aromatic rings. The van der Waals surface area contributed by atoms with Crippen molar-refractivity contribution in [3.63, 3.8) is 0 Å². The molecular weight excluding hydrogens is 350 g/mol. The Kier molecular flexibility index (Phi) is 4.07. The lowest BCUT2D eigenvalue weighted by molar-refractivity contribution is 0.408. The van der Waals surface area contributed by atoms with Crippen LogP contribution < -0.4 is 0 Å². The van der Waals surface area contributed by atoms with Crippen LogP contribution in [0.3, 0.4) is 0 Å². The Morgan fingerprint density at radius 2 is 2.07 bits per heavy atom. The summed E-state index contributed by atoms with van der Waals surface area (Å²) in [5.41, 5.74) is 3.67. The smallest absolute Gasteiger partial charge is 0.149 e. The average Bonchev–Trinajstić information content (AvgIpc) is 3.10. The number of hydrogen-bond acceptors (Lipinski definition) is 4. The number of aromatic nitrogens is 7. The molecule has 1 aliphatic carbocycles. The summed E-state index contributed by atoms with van der Waals surface area (Å²) in [4.78, 5) is 9.39. The van der Waals surface area contributed by atoms with Gasteiger partial charge in [-0.05, 0) is 18.8 Å². The summed E-state index contributed by atoms with van der Waals surface area (Å²) in [7, 11) is 1.90. The molecule has 4 aromatic heterocycles. The van der Waals surface area contributed by atoms with Crippen molar-refractivity contribution in [2.24, 2.45) is 13.0 Å². The van der Waals surface area contributed by atoms with Crippen molar-refractivity contribution in [2.75, 3.05) is 0 Å². The minimum Gasteiger partial charge on any atom is -0.284 e. The second-order valence-corrected chi connectivity index (χ2v) is 7.59. The molecule has 142 valence electrons. The Morgan fingerprint density at radius 3 is 2.82 bits per heavy atom. The number of allylic oxidation sites excluding steroid dienone is 1. The van der Waals surface area contributed by atoms with E-state index in [2.05, 4.69) is 32.6 Å². The highest BCUT2D eigenvalue weighted by Crippen LogP contribution is 2.38. The van der Waals surface area contributed by atoms with Crippen molar-refractivity contribution < 1.29 is 0 Å². The van der Waals surface area contributed by atoms with Crippen molar-refractivity contribution in [2.45, 2.75) is 31.7 Å². The van der Waals surface area contributed by atoms with E-state index in [1.54, 1.807) is 10.9 Å². The molecule has 0 spiro atoms. The van der Waals surface area contributed by atoms with E-state index in [1.165, 1.54) is 12.8 Å². The fourth-order valence-electron chi connectivity index (χ4n) is 3.72. The Balaban J connectivity index is 1.56. The molecule has 0 N–H and O–H groups in total. The lowest BCUT2D eigenvalue weighted by Crippen LogP contribution is -2.09. The van der Waals surface area contributed by atoms with E-state index in [4.69, 9.17) is 4.98 Å². The lowest BCUT2D eigenvalue weighted by Gasteiger charge is -2.15. The summed E-state index contributed by atoms with van der Waals surface area (Å²) in [6, 6.07) is 2.34. The maximum absolute atomic E-state index is 4.92. The fraction of sp³-hybridized carbons (Fsp3) is 0.333. The normalized spacial score (nSPS) is 15.2. The van der Waals surface area contributed by atoms with E-state index in [9.17, 15) is 0 Å². The predicted octanol–water partition coefficient (Wildman–Crippen LogP) is 3.91. The maximum atomic E-state index is 4.92. The van der Waals surface area contributed by atoms with E-state index < -0.39 is 0 Å². The molecule has 28 heavy (non-hydrogen) atoms. The molecule has 5 rings (SSSR count). The molecule has 1 unspecified atom stereocenters. The van der Waals surface area contributed by atoms with E-state index in [0.29, 0.717) is 6.04 Å². The molecule has 0 aliphatic heterocycles. The number of nitrogens with zero attached hydrogens (tertiary/aromatic N) is 7. The van der Waals surface area contributed by atoms with Gasteiger partial charge in [0.1, 0.15) is 11.5 Å². The first kappa shape index (κ1) is 16.9. The first-order valence-corrected chi connectivity index (χ1v) is 9.70. The zero-order valence-corrected chi connectivity index (χ0v) is 15.9. The molecule has 1 aliphatic rings. The number of fused-ring (bicyclic) bond motifs is 1. The third-order valence-corrected chi connectivity index (χ3v) is 5.37. The van der Waals surface area contributed by atoms with Gasteiger partial charge in [-0.25, -0.2) is 9.97 Å². The fourth-order valence-corrected chi connectivity index (χ4v) is 3.72. The van der Waals surface area contributed by atoms with Crippen LogP contribution in [0.15, 0.2) is 55.9 Å². The van der Waals surface area contributed by atoms with Crippen molar-refractivity contribution in [1.82, 2.24) is 33.9 Å². The van der Waals surface area contributed by atoms with Crippen LogP contribution in [0.5, 0.6) is 0 Å². The van der Waals surface area contributed by atoms with Crippen LogP contribution in [0.1, 0.15) is 31.7 Å². The van der Waals surface area contributed by atoms with Gasteiger partial charge in [-0.15, -0.1) is 6.58 Å². The molecule has 7 heteroatoms. The van der Waals surface area contributed by atoms with E-state index in [-0.39, 0.29) is 0 Å². The second kappa shape index (κ2) is 6.74. The van der Waals surface area contributed by atoms with Crippen LogP contribution in [-0.2, 0) is 7.05 Å². The predicted molar refractivity (Wildman–Crippen MR) is 108 cm³/mol. The third kappa shape index (κ3) is 3.13. The van der Waals surface area contributed by atoms with Crippen molar-refractivity contribution in [3.8, 4) is 22.6 Å². The Morgan fingerprint density at radius 1 is 1.21 bits per heavy atom. The second-order valence-electron chi connectivity index (χ2n) is 7.59. The molecule has 0 radical (unpaired) electrons. The van der Waals surface area contributed by atoms with Crippen molar-refractivity contribution in [1.29, 1.82) is 0 Å². The van der Waals surface area contributed by atoms with Crippen LogP contribution in [0.25, 0.3) is 28.3 Å². The highest BCUT2D eigenvalue weighted by atomic mass is 15.3. The van der Waals surface area contributed by atoms with Gasteiger partial charge >= 0.3 is 0 Å². The van der Waals surface area contributed by atoms with Crippen LogP contribution in [-0.4, -0.2) is 33.9 Å². The van der Waals surface area contributed by atoms with E-state index in [1.807, 2.05) is 48.4 Å². The average molecular weight is 373 g/mol. The summed E-state index contributed by atoms with van der Waals surface area (Å²) in [5.74, 6) is 1.67. The van der Waals surface area contributed by atoms with E-state index >= 15 is 0 Å². The van der Waals surface area contributed by atoms with Gasteiger partial charge in [0, 0.05) is 43.5 Å². The zero-order valence-electron chi connectivity index (χ0n) is 15.9. The monoisotopic (exact) mass is 373 g/mol. The van der Waals surface area contributed by atoms with Crippen molar-refractivity contribution in [3.05, 3.63) is 55.9 Å². The highest BCUT2D eigenvalue weighted by Gasteiger charge is 2.26. The largest absolute Gasteiger partial charge is 0.284 e. The summed E-state index contributed by atoms with van der Waals surface area (Å²) >= 11 is 0. The van der Waals surface area contributed by atoms with Gasteiger partial charge in [-0.2, -0.15) is 10.2 Å². The number of imidazole rings is 1. The molecule has 0 saturated heterocycles. The van der Waals surface area contributed by atoms with Gasteiger partial charge in [0.25, 0.3) is 0 Å². The number of rotatable bonds is 7. The van der Waals surface area contributed by atoms with Crippen molar-refractivity contribution >= 4 is 5.65 Å². The molecule has 0 amide bonds. The van der Waals surface area contributed by atoms with Crippen LogP contribution in [0.4, 0.5) is 0 Å². The van der Waals surface area contributed by atoms with Crippen LogP contribution >= 0.6 is 0 Å². The molecule has 1 atom stereocenters. The van der Waals surface area contributed by atoms with Gasteiger partial charge in [0.15, 0.2) is 0 Å². The molecule has 0 bridgehead atoms. The Labute approximate surface area is 163 Å². The van der Waals surface area contributed by atoms with Gasteiger partial charge < -0.3 is 0 Å².